The van der Waals surface area contributed by atoms with Gasteiger partial charge in [-0.25, -0.2) is 4.79 Å². The quantitative estimate of drug-likeness (QED) is 0.611. The Labute approximate surface area is 139 Å². The fourth-order valence-electron chi connectivity index (χ4n) is 2.57. The number of imide groups is 1. The van der Waals surface area contributed by atoms with Crippen LogP contribution in [0, 0.1) is 5.92 Å². The fraction of sp³-hybridized carbons (Fsp3) is 0.733. The molecule has 3 N–H and O–H groups in total. The van der Waals surface area contributed by atoms with Crippen molar-refractivity contribution in [2.24, 2.45) is 5.92 Å². The van der Waals surface area contributed by atoms with E-state index in [0.717, 1.165) is 38.4 Å². The molecule has 128 valence electrons. The van der Waals surface area contributed by atoms with Crippen LogP contribution in [-0.2, 0) is 4.79 Å². The third-order valence-electron chi connectivity index (χ3n) is 4.02. The monoisotopic (exact) mass is 332 g/mol. The first-order valence-electron chi connectivity index (χ1n) is 7.66. The first-order valence-corrected chi connectivity index (χ1v) is 7.66. The average molecular weight is 333 g/mol. The molecule has 0 aromatic rings. The second-order valence-electron chi connectivity index (χ2n) is 5.54. The molecule has 1 fully saturated rings. The number of nitrogens with one attached hydrogen (secondary N) is 3. The molecular weight excluding hydrogens is 304 g/mol. The Morgan fingerprint density at radius 2 is 2.00 bits per heavy atom. The third-order valence-corrected chi connectivity index (χ3v) is 4.02. The van der Waals surface area contributed by atoms with Gasteiger partial charge in [0.25, 0.3) is 0 Å². The van der Waals surface area contributed by atoms with Gasteiger partial charge in [-0.05, 0) is 58.8 Å². The summed E-state index contributed by atoms with van der Waals surface area (Å²) in [6.45, 7) is 8.58. The normalized spacial score (nSPS) is 17.2. The minimum Gasteiger partial charge on any atom is -0.334 e. The van der Waals surface area contributed by atoms with Crippen molar-refractivity contribution in [2.75, 3.05) is 33.2 Å². The molecule has 3 amide bonds. The minimum atomic E-state index is -0.462. The van der Waals surface area contributed by atoms with Crippen molar-refractivity contribution in [3.05, 3.63) is 12.7 Å². The van der Waals surface area contributed by atoms with Crippen LogP contribution in [0.15, 0.2) is 12.7 Å². The predicted octanol–water partition coefficient (Wildman–Crippen LogP) is 1.13. The van der Waals surface area contributed by atoms with Crippen LogP contribution in [0.3, 0.4) is 0 Å². The number of hydrogen-bond donors (Lipinski definition) is 3. The molecule has 0 aromatic carbocycles. The van der Waals surface area contributed by atoms with E-state index in [1.807, 2.05) is 14.0 Å². The minimum absolute atomic E-state index is 0. The summed E-state index contributed by atoms with van der Waals surface area (Å²) in [5, 5.41) is 8.08. The summed E-state index contributed by atoms with van der Waals surface area (Å²) in [5.74, 6) is 0.491. The van der Waals surface area contributed by atoms with E-state index >= 15 is 0 Å². The maximum absolute atomic E-state index is 12.0. The Balaban J connectivity index is 0.00000441. The second-order valence-corrected chi connectivity index (χ2v) is 5.54. The molecular formula is C15H29ClN4O2. The second kappa shape index (κ2) is 11.5. The van der Waals surface area contributed by atoms with E-state index in [1.54, 1.807) is 6.08 Å². The number of piperidine rings is 1. The summed E-state index contributed by atoms with van der Waals surface area (Å²) in [6, 6.07) is -0.736. The van der Waals surface area contributed by atoms with Crippen molar-refractivity contribution in [3.8, 4) is 0 Å². The van der Waals surface area contributed by atoms with E-state index in [1.165, 1.54) is 6.42 Å². The van der Waals surface area contributed by atoms with Crippen LogP contribution >= 0.6 is 12.4 Å². The van der Waals surface area contributed by atoms with Crippen LogP contribution in [0.1, 0.15) is 26.2 Å². The highest BCUT2D eigenvalue weighted by Crippen LogP contribution is 2.21. The Kier molecular flexibility index (Phi) is 10.9. The van der Waals surface area contributed by atoms with E-state index in [-0.39, 0.29) is 24.4 Å². The highest BCUT2D eigenvalue weighted by Gasteiger charge is 2.27. The Morgan fingerprint density at radius 3 is 2.55 bits per heavy atom. The van der Waals surface area contributed by atoms with Crippen molar-refractivity contribution >= 4 is 24.3 Å². The molecule has 0 spiro atoms. The van der Waals surface area contributed by atoms with Crippen LogP contribution in [0.5, 0.6) is 0 Å². The highest BCUT2D eigenvalue weighted by molar-refractivity contribution is 5.96. The predicted molar refractivity (Wildman–Crippen MR) is 91.3 cm³/mol. The number of urea groups is 1. The summed E-state index contributed by atoms with van der Waals surface area (Å²) in [7, 11) is 1.97. The first kappa shape index (κ1) is 20.9. The smallest absolute Gasteiger partial charge is 0.321 e. The molecule has 1 saturated heterocycles. The number of carbonyl (C=O) groups is 2. The molecule has 22 heavy (non-hydrogen) atoms. The largest absolute Gasteiger partial charge is 0.334 e. The van der Waals surface area contributed by atoms with E-state index < -0.39 is 6.03 Å². The molecule has 7 heteroatoms. The molecule has 0 bridgehead atoms. The Morgan fingerprint density at radius 1 is 1.36 bits per heavy atom. The van der Waals surface area contributed by atoms with Crippen LogP contribution in [0.25, 0.3) is 0 Å². The van der Waals surface area contributed by atoms with Crippen LogP contribution in [0.4, 0.5) is 4.79 Å². The SMILES string of the molecule is C=CCNC(=O)NC(=O)C(C)N1CCC(CCNC)CC1.Cl. The standard InChI is InChI=1S/C15H28N4O2.ClH/c1-4-8-17-15(21)18-14(20)12(2)19-10-6-13(7-11-19)5-9-16-3;/h4,12-13,16H,1,5-11H2,2-3H3,(H2,17,18,20,21);1H. The summed E-state index contributed by atoms with van der Waals surface area (Å²) in [6.07, 6.45) is 4.99. The van der Waals surface area contributed by atoms with E-state index in [9.17, 15) is 9.59 Å². The zero-order chi connectivity index (χ0) is 15.7. The zero-order valence-electron chi connectivity index (χ0n) is 13.6. The van der Waals surface area contributed by atoms with Crippen molar-refractivity contribution in [1.82, 2.24) is 20.9 Å². The van der Waals surface area contributed by atoms with Crippen LogP contribution < -0.4 is 16.0 Å². The Bertz CT molecular complexity index is 357. The van der Waals surface area contributed by atoms with Crippen molar-refractivity contribution in [2.45, 2.75) is 32.2 Å². The summed E-state index contributed by atoms with van der Waals surface area (Å²) in [4.78, 5) is 25.6. The number of nitrogens with zero attached hydrogens (tertiary/aromatic N) is 1. The number of carbonyl (C=O) groups excluding carboxylic acids is 2. The number of amides is 3. The molecule has 1 unspecified atom stereocenters. The number of halogens is 1. The lowest BCUT2D eigenvalue weighted by molar-refractivity contribution is -0.125. The van der Waals surface area contributed by atoms with E-state index in [0.29, 0.717) is 6.54 Å². The van der Waals surface area contributed by atoms with Crippen molar-refractivity contribution in [1.29, 1.82) is 0 Å². The maximum atomic E-state index is 12.0. The van der Waals surface area contributed by atoms with Gasteiger partial charge in [-0.3, -0.25) is 15.0 Å². The van der Waals surface area contributed by atoms with Gasteiger partial charge in [0, 0.05) is 6.54 Å². The van der Waals surface area contributed by atoms with Gasteiger partial charge in [0.05, 0.1) is 6.04 Å². The molecule has 1 aliphatic heterocycles. The average Bonchev–Trinajstić information content (AvgIpc) is 2.50. The van der Waals surface area contributed by atoms with Crippen LogP contribution in [0.2, 0.25) is 0 Å². The molecule has 1 heterocycles. The molecule has 6 nitrogen and oxygen atoms in total. The summed E-state index contributed by atoms with van der Waals surface area (Å²) in [5.41, 5.74) is 0. The molecule has 0 aromatic heterocycles. The van der Waals surface area contributed by atoms with Gasteiger partial charge < -0.3 is 10.6 Å². The highest BCUT2D eigenvalue weighted by atomic mass is 35.5. The van der Waals surface area contributed by atoms with Crippen LogP contribution in [-0.4, -0.2) is 56.1 Å². The molecule has 0 radical (unpaired) electrons. The number of likely N-dealkylation sites (tertiary alicyclic amines) is 1. The van der Waals surface area contributed by atoms with Gasteiger partial charge in [0.2, 0.25) is 5.91 Å². The van der Waals surface area contributed by atoms with Gasteiger partial charge in [-0.15, -0.1) is 19.0 Å². The number of hydrogen-bond acceptors (Lipinski definition) is 4. The lowest BCUT2D eigenvalue weighted by atomic mass is 9.93. The summed E-state index contributed by atoms with van der Waals surface area (Å²) >= 11 is 0. The molecule has 0 aliphatic carbocycles. The lowest BCUT2D eigenvalue weighted by Crippen LogP contribution is -2.51. The molecule has 1 atom stereocenters. The zero-order valence-corrected chi connectivity index (χ0v) is 14.4. The molecule has 1 rings (SSSR count). The van der Waals surface area contributed by atoms with Gasteiger partial charge >= 0.3 is 6.03 Å². The summed E-state index contributed by atoms with van der Waals surface area (Å²) < 4.78 is 0. The van der Waals surface area contributed by atoms with Gasteiger partial charge in [0.15, 0.2) is 0 Å². The number of rotatable bonds is 7. The van der Waals surface area contributed by atoms with E-state index in [4.69, 9.17) is 0 Å². The first-order chi connectivity index (χ1) is 10.1. The van der Waals surface area contributed by atoms with Gasteiger partial charge in [0.1, 0.15) is 0 Å². The van der Waals surface area contributed by atoms with Gasteiger partial charge in [-0.1, -0.05) is 6.08 Å². The third kappa shape index (κ3) is 7.24. The topological polar surface area (TPSA) is 73.5 Å². The maximum Gasteiger partial charge on any atom is 0.321 e. The van der Waals surface area contributed by atoms with E-state index in [2.05, 4.69) is 27.4 Å². The molecule has 0 saturated carbocycles. The van der Waals surface area contributed by atoms with Crippen molar-refractivity contribution < 1.29 is 9.59 Å². The fourth-order valence-corrected chi connectivity index (χ4v) is 2.57. The molecule has 1 aliphatic rings. The van der Waals surface area contributed by atoms with Crippen molar-refractivity contribution in [3.63, 3.8) is 0 Å². The Hall–Kier alpha value is -1.11. The lowest BCUT2D eigenvalue weighted by Gasteiger charge is -2.35. The van der Waals surface area contributed by atoms with Gasteiger partial charge in [-0.2, -0.15) is 0 Å².